The van der Waals surface area contributed by atoms with Crippen molar-refractivity contribution < 1.29 is 9.53 Å². The molecule has 2 rings (SSSR count). The Balaban J connectivity index is 2.10. The molecular formula is C17H25NO2. The van der Waals surface area contributed by atoms with E-state index >= 15 is 0 Å². The molecule has 0 heterocycles. The monoisotopic (exact) mass is 275 g/mol. The molecule has 0 radical (unpaired) electrons. The van der Waals surface area contributed by atoms with E-state index in [2.05, 4.69) is 12.2 Å². The van der Waals surface area contributed by atoms with Crippen LogP contribution in [-0.4, -0.2) is 18.6 Å². The highest BCUT2D eigenvalue weighted by atomic mass is 16.5. The number of nitrogens with one attached hydrogen (secondary N) is 1. The van der Waals surface area contributed by atoms with Crippen LogP contribution in [0.5, 0.6) is 0 Å². The topological polar surface area (TPSA) is 38.3 Å². The van der Waals surface area contributed by atoms with Gasteiger partial charge < -0.3 is 4.74 Å². The second-order valence-electron chi connectivity index (χ2n) is 5.60. The minimum atomic E-state index is -0.335. The predicted octanol–water partition coefficient (Wildman–Crippen LogP) is 3.52. The lowest BCUT2D eigenvalue weighted by Crippen LogP contribution is -2.39. The molecule has 1 atom stereocenters. The van der Waals surface area contributed by atoms with E-state index < -0.39 is 0 Å². The normalized spacial score (nSPS) is 17.7. The van der Waals surface area contributed by atoms with Gasteiger partial charge in [-0.3, -0.25) is 5.32 Å². The van der Waals surface area contributed by atoms with Crippen molar-refractivity contribution in [2.45, 2.75) is 58.0 Å². The van der Waals surface area contributed by atoms with E-state index in [0.29, 0.717) is 12.6 Å². The summed E-state index contributed by atoms with van der Waals surface area (Å²) in [5, 5.41) is 3.50. The van der Waals surface area contributed by atoms with Gasteiger partial charge in [-0.1, -0.05) is 49.1 Å². The van der Waals surface area contributed by atoms with Crippen LogP contribution in [0.1, 0.15) is 56.2 Å². The summed E-state index contributed by atoms with van der Waals surface area (Å²) in [5.41, 5.74) is 2.20. The number of rotatable bonds is 5. The first-order chi connectivity index (χ1) is 9.70. The lowest BCUT2D eigenvalue weighted by Gasteiger charge is -2.27. The minimum absolute atomic E-state index is 0.165. The molecule has 1 aromatic carbocycles. The second kappa shape index (κ2) is 7.44. The van der Waals surface area contributed by atoms with Crippen molar-refractivity contribution in [3.8, 4) is 0 Å². The number of carbonyl (C=O) groups is 1. The van der Waals surface area contributed by atoms with E-state index in [1.165, 1.54) is 24.8 Å². The first-order valence-corrected chi connectivity index (χ1v) is 7.70. The molecule has 1 N–H and O–H groups in total. The van der Waals surface area contributed by atoms with E-state index in [1.54, 1.807) is 0 Å². The summed E-state index contributed by atoms with van der Waals surface area (Å²) < 4.78 is 5.23. The van der Waals surface area contributed by atoms with Crippen molar-refractivity contribution in [3.05, 3.63) is 35.4 Å². The van der Waals surface area contributed by atoms with Crippen molar-refractivity contribution >= 4 is 5.97 Å². The van der Waals surface area contributed by atoms with Crippen LogP contribution >= 0.6 is 0 Å². The second-order valence-corrected chi connectivity index (χ2v) is 5.60. The summed E-state index contributed by atoms with van der Waals surface area (Å²) in [7, 11) is 0. The van der Waals surface area contributed by atoms with Crippen molar-refractivity contribution in [1.29, 1.82) is 0 Å². The maximum absolute atomic E-state index is 12.2. The first kappa shape index (κ1) is 15.0. The van der Waals surface area contributed by atoms with Gasteiger partial charge in [0.15, 0.2) is 0 Å². The minimum Gasteiger partial charge on any atom is -0.465 e. The number of carbonyl (C=O) groups excluding carboxylic acids is 1. The molecule has 3 heteroatoms. The molecule has 0 spiro atoms. The molecule has 0 aliphatic heterocycles. The molecule has 110 valence electrons. The molecule has 0 amide bonds. The average Bonchev–Trinajstić information content (AvgIpc) is 2.47. The Morgan fingerprint density at radius 2 is 1.90 bits per heavy atom. The third kappa shape index (κ3) is 4.07. The number of ether oxygens (including phenoxy) is 1. The number of aryl methyl sites for hydroxylation is 1. The zero-order valence-electron chi connectivity index (χ0n) is 12.5. The molecule has 1 aliphatic rings. The van der Waals surface area contributed by atoms with Crippen LogP contribution in [0.4, 0.5) is 0 Å². The third-order valence-electron chi connectivity index (χ3n) is 3.94. The molecule has 3 nitrogen and oxygen atoms in total. The van der Waals surface area contributed by atoms with Gasteiger partial charge in [0, 0.05) is 6.04 Å². The molecule has 1 aliphatic carbocycles. The highest BCUT2D eigenvalue weighted by Gasteiger charge is 2.25. The highest BCUT2D eigenvalue weighted by Crippen LogP contribution is 2.23. The van der Waals surface area contributed by atoms with Gasteiger partial charge >= 0.3 is 5.97 Å². The Kier molecular flexibility index (Phi) is 5.60. The quantitative estimate of drug-likeness (QED) is 0.836. The smallest absolute Gasteiger partial charge is 0.327 e. The molecule has 1 aromatic rings. The summed E-state index contributed by atoms with van der Waals surface area (Å²) in [6, 6.07) is 8.23. The van der Waals surface area contributed by atoms with E-state index in [-0.39, 0.29) is 12.0 Å². The maximum Gasteiger partial charge on any atom is 0.327 e. The van der Waals surface area contributed by atoms with Crippen LogP contribution in [-0.2, 0) is 9.53 Å². The summed E-state index contributed by atoms with van der Waals surface area (Å²) in [6.45, 7) is 4.33. The largest absolute Gasteiger partial charge is 0.465 e. The number of esters is 1. The summed E-state index contributed by atoms with van der Waals surface area (Å²) in [5.74, 6) is -0.165. The molecular weight excluding hydrogens is 250 g/mol. The van der Waals surface area contributed by atoms with Gasteiger partial charge in [-0.05, 0) is 32.3 Å². The van der Waals surface area contributed by atoms with Gasteiger partial charge in [-0.25, -0.2) is 4.79 Å². The SMILES string of the molecule is CCOC(=O)C(NC1CCCCC1)c1ccc(C)cc1. The van der Waals surface area contributed by atoms with E-state index in [0.717, 1.165) is 18.4 Å². The zero-order valence-corrected chi connectivity index (χ0v) is 12.5. The fourth-order valence-electron chi connectivity index (χ4n) is 2.79. The van der Waals surface area contributed by atoms with Crippen LogP contribution in [0, 0.1) is 6.92 Å². The fraction of sp³-hybridized carbons (Fsp3) is 0.588. The van der Waals surface area contributed by atoms with Crippen molar-refractivity contribution in [2.75, 3.05) is 6.61 Å². The molecule has 0 bridgehead atoms. The standard InChI is InChI=1S/C17H25NO2/c1-3-20-17(19)16(14-11-9-13(2)10-12-14)18-15-7-5-4-6-8-15/h9-12,15-16,18H,3-8H2,1-2H3. The van der Waals surface area contributed by atoms with Gasteiger partial charge in [-0.2, -0.15) is 0 Å². The summed E-state index contributed by atoms with van der Waals surface area (Å²) in [6.07, 6.45) is 6.12. The lowest BCUT2D eigenvalue weighted by atomic mass is 9.94. The summed E-state index contributed by atoms with van der Waals surface area (Å²) in [4.78, 5) is 12.2. The van der Waals surface area contributed by atoms with Crippen LogP contribution in [0.15, 0.2) is 24.3 Å². The molecule has 0 saturated heterocycles. The Morgan fingerprint density at radius 3 is 2.50 bits per heavy atom. The molecule has 0 aromatic heterocycles. The average molecular weight is 275 g/mol. The van der Waals surface area contributed by atoms with Crippen molar-refractivity contribution in [1.82, 2.24) is 5.32 Å². The van der Waals surface area contributed by atoms with E-state index in [1.807, 2.05) is 31.2 Å². The Hall–Kier alpha value is -1.35. The van der Waals surface area contributed by atoms with Gasteiger partial charge in [0.2, 0.25) is 0 Å². The van der Waals surface area contributed by atoms with Gasteiger partial charge in [0.05, 0.1) is 6.61 Å². The lowest BCUT2D eigenvalue weighted by molar-refractivity contribution is -0.146. The van der Waals surface area contributed by atoms with Crippen LogP contribution in [0.2, 0.25) is 0 Å². The Bertz CT molecular complexity index is 421. The Morgan fingerprint density at radius 1 is 1.25 bits per heavy atom. The predicted molar refractivity (Wildman–Crippen MR) is 80.6 cm³/mol. The molecule has 1 saturated carbocycles. The number of hydrogen-bond donors (Lipinski definition) is 1. The van der Waals surface area contributed by atoms with Crippen LogP contribution in [0.25, 0.3) is 0 Å². The van der Waals surface area contributed by atoms with Gasteiger partial charge in [-0.15, -0.1) is 0 Å². The zero-order chi connectivity index (χ0) is 14.4. The summed E-state index contributed by atoms with van der Waals surface area (Å²) >= 11 is 0. The van der Waals surface area contributed by atoms with Crippen LogP contribution < -0.4 is 5.32 Å². The van der Waals surface area contributed by atoms with E-state index in [4.69, 9.17) is 4.74 Å². The highest BCUT2D eigenvalue weighted by molar-refractivity contribution is 5.77. The van der Waals surface area contributed by atoms with Crippen molar-refractivity contribution in [2.24, 2.45) is 0 Å². The number of benzene rings is 1. The van der Waals surface area contributed by atoms with Gasteiger partial charge in [0.1, 0.15) is 6.04 Å². The van der Waals surface area contributed by atoms with Crippen molar-refractivity contribution in [3.63, 3.8) is 0 Å². The fourth-order valence-corrected chi connectivity index (χ4v) is 2.79. The number of hydrogen-bond acceptors (Lipinski definition) is 3. The third-order valence-corrected chi connectivity index (χ3v) is 3.94. The first-order valence-electron chi connectivity index (χ1n) is 7.70. The van der Waals surface area contributed by atoms with Crippen LogP contribution in [0.3, 0.4) is 0 Å². The maximum atomic E-state index is 12.2. The van der Waals surface area contributed by atoms with Gasteiger partial charge in [0.25, 0.3) is 0 Å². The van der Waals surface area contributed by atoms with E-state index in [9.17, 15) is 4.79 Å². The molecule has 1 fully saturated rings. The molecule has 1 unspecified atom stereocenters. The Labute approximate surface area is 121 Å². The molecule has 20 heavy (non-hydrogen) atoms.